The first-order valence-electron chi connectivity index (χ1n) is 1.90. The van der Waals surface area contributed by atoms with Gasteiger partial charge < -0.3 is 4.79 Å². The monoisotopic (exact) mass is 114 g/mol. The van der Waals surface area contributed by atoms with E-state index in [9.17, 15) is 9.59 Å². The average Bonchev–Trinajstić information content (AvgIpc) is 1.61. The molecule has 0 aromatic heterocycles. The van der Waals surface area contributed by atoms with Crippen LogP contribution >= 0.6 is 0 Å². The molecular formula is C4H6O2Si. The summed E-state index contributed by atoms with van der Waals surface area (Å²) in [5, 5.41) is 0.0344. The smallest absolute Gasteiger partial charge is 0.142 e. The summed E-state index contributed by atoms with van der Waals surface area (Å²) < 4.78 is 0. The van der Waals surface area contributed by atoms with Crippen molar-refractivity contribution in [1.29, 1.82) is 0 Å². The van der Waals surface area contributed by atoms with Gasteiger partial charge in [-0.2, -0.15) is 0 Å². The molecule has 0 spiro atoms. The van der Waals surface area contributed by atoms with Crippen LogP contribution in [-0.2, 0) is 9.59 Å². The van der Waals surface area contributed by atoms with Crippen LogP contribution in [0.3, 0.4) is 0 Å². The summed E-state index contributed by atoms with van der Waals surface area (Å²) in [4.78, 5) is 19.5. The SMILES string of the molecule is O=C/C=C/C(=O)[SiH3]. The molecule has 0 bridgehead atoms. The number of rotatable bonds is 2. The molecule has 0 rings (SSSR count). The van der Waals surface area contributed by atoms with E-state index in [1.165, 1.54) is 12.2 Å². The molecule has 0 N–H and O–H groups in total. The molecule has 0 heterocycles. The van der Waals surface area contributed by atoms with Crippen LogP contribution in [0.5, 0.6) is 0 Å². The molecule has 0 saturated heterocycles. The predicted octanol–water partition coefficient (Wildman–Crippen LogP) is -1.37. The van der Waals surface area contributed by atoms with E-state index < -0.39 is 0 Å². The number of carbonyl (C=O) groups excluding carboxylic acids is 2. The fourth-order valence-corrected chi connectivity index (χ4v) is 0.367. The van der Waals surface area contributed by atoms with Gasteiger partial charge in [-0.05, 0) is 12.2 Å². The van der Waals surface area contributed by atoms with E-state index >= 15 is 0 Å². The minimum Gasteiger partial charge on any atom is -0.302 e. The Hall–Kier alpha value is -0.703. The molecule has 0 unspecified atom stereocenters. The van der Waals surface area contributed by atoms with Gasteiger partial charge in [0, 0.05) is 0 Å². The normalized spacial score (nSPS) is 9.71. The first kappa shape index (κ1) is 6.30. The van der Waals surface area contributed by atoms with Gasteiger partial charge in [-0.15, -0.1) is 0 Å². The maximum absolute atomic E-state index is 10.0. The van der Waals surface area contributed by atoms with Gasteiger partial charge in [0.1, 0.15) is 11.7 Å². The van der Waals surface area contributed by atoms with Crippen LogP contribution in [0.1, 0.15) is 0 Å². The van der Waals surface area contributed by atoms with Gasteiger partial charge in [0.2, 0.25) is 0 Å². The first-order chi connectivity index (χ1) is 3.27. The second-order valence-electron chi connectivity index (χ2n) is 1.11. The van der Waals surface area contributed by atoms with Crippen LogP contribution in [-0.4, -0.2) is 21.9 Å². The summed E-state index contributed by atoms with van der Waals surface area (Å²) in [6, 6.07) is 0. The van der Waals surface area contributed by atoms with Gasteiger partial charge in [-0.1, -0.05) is 0 Å². The Morgan fingerprint density at radius 3 is 2.29 bits per heavy atom. The molecule has 3 heteroatoms. The van der Waals surface area contributed by atoms with Crippen LogP contribution in [0.2, 0.25) is 0 Å². The molecule has 0 radical (unpaired) electrons. The predicted molar refractivity (Wildman–Crippen MR) is 30.1 cm³/mol. The maximum Gasteiger partial charge on any atom is 0.142 e. The highest BCUT2D eigenvalue weighted by molar-refractivity contribution is 6.61. The fraction of sp³-hybridized carbons (Fsp3) is 0. The van der Waals surface area contributed by atoms with Crippen LogP contribution in [0, 0.1) is 0 Å². The van der Waals surface area contributed by atoms with Crippen LogP contribution in [0.15, 0.2) is 12.2 Å². The maximum atomic E-state index is 10.0. The number of aldehydes is 1. The average molecular weight is 114 g/mol. The van der Waals surface area contributed by atoms with Crippen molar-refractivity contribution in [3.8, 4) is 0 Å². The minimum atomic E-state index is 0.0344. The van der Waals surface area contributed by atoms with E-state index in [0.717, 1.165) is 0 Å². The molecule has 7 heavy (non-hydrogen) atoms. The molecule has 0 aromatic rings. The number of carbonyl (C=O) groups is 2. The second kappa shape index (κ2) is 3.49. The van der Waals surface area contributed by atoms with Crippen LogP contribution < -0.4 is 0 Å². The zero-order valence-electron chi connectivity index (χ0n) is 4.05. The lowest BCUT2D eigenvalue weighted by atomic mass is 10.6. The summed E-state index contributed by atoms with van der Waals surface area (Å²) in [5.41, 5.74) is 0. The zero-order chi connectivity index (χ0) is 5.70. The van der Waals surface area contributed by atoms with E-state index in [1.807, 2.05) is 0 Å². The molecule has 0 aliphatic rings. The van der Waals surface area contributed by atoms with Crippen molar-refractivity contribution >= 4 is 21.9 Å². The van der Waals surface area contributed by atoms with E-state index in [2.05, 4.69) is 0 Å². The standard InChI is InChI=1S/C4H6O2Si/c5-3-1-2-4(6)7/h1-3H,7H3/b2-1+. The molecule has 0 fully saturated rings. The van der Waals surface area contributed by atoms with Crippen molar-refractivity contribution in [2.75, 3.05) is 0 Å². The van der Waals surface area contributed by atoms with Gasteiger partial charge in [-0.25, -0.2) is 0 Å². The number of hydrogen-bond acceptors (Lipinski definition) is 2. The Morgan fingerprint density at radius 1 is 1.57 bits per heavy atom. The van der Waals surface area contributed by atoms with E-state index in [1.54, 1.807) is 0 Å². The third-order valence-corrected chi connectivity index (χ3v) is 0.743. The Morgan fingerprint density at radius 2 is 2.14 bits per heavy atom. The van der Waals surface area contributed by atoms with Crippen LogP contribution in [0.25, 0.3) is 0 Å². The van der Waals surface area contributed by atoms with Gasteiger partial charge in [0.15, 0.2) is 0 Å². The highest BCUT2D eigenvalue weighted by atomic mass is 28.1. The van der Waals surface area contributed by atoms with Crippen molar-refractivity contribution in [2.24, 2.45) is 0 Å². The quantitative estimate of drug-likeness (QED) is 0.252. The molecule has 38 valence electrons. The zero-order valence-corrected chi connectivity index (χ0v) is 6.05. The van der Waals surface area contributed by atoms with E-state index in [-0.39, 0.29) is 5.41 Å². The summed E-state index contributed by atoms with van der Waals surface area (Å²) in [5.74, 6) is 0. The van der Waals surface area contributed by atoms with Gasteiger partial charge >= 0.3 is 0 Å². The van der Waals surface area contributed by atoms with Crippen molar-refractivity contribution in [3.63, 3.8) is 0 Å². The molecule has 0 atom stereocenters. The summed E-state index contributed by atoms with van der Waals surface area (Å²) in [6.07, 6.45) is 3.07. The van der Waals surface area contributed by atoms with Crippen molar-refractivity contribution in [3.05, 3.63) is 12.2 Å². The highest BCUT2D eigenvalue weighted by Crippen LogP contribution is 1.63. The van der Waals surface area contributed by atoms with Crippen molar-refractivity contribution in [1.82, 2.24) is 0 Å². The van der Waals surface area contributed by atoms with Crippen molar-refractivity contribution in [2.45, 2.75) is 0 Å². The molecule has 2 nitrogen and oxygen atoms in total. The number of allylic oxidation sites excluding steroid dienone is 2. The molecule has 0 aliphatic heterocycles. The van der Waals surface area contributed by atoms with Gasteiger partial charge in [-0.3, -0.25) is 4.79 Å². The molecule has 0 amide bonds. The second-order valence-corrected chi connectivity index (χ2v) is 2.09. The summed E-state index contributed by atoms with van der Waals surface area (Å²) in [6.45, 7) is 0. The van der Waals surface area contributed by atoms with Gasteiger partial charge in [0.25, 0.3) is 0 Å². The lowest BCUT2D eigenvalue weighted by molar-refractivity contribution is -0.108. The van der Waals surface area contributed by atoms with Crippen molar-refractivity contribution < 1.29 is 9.59 Å². The molecule has 0 aromatic carbocycles. The third kappa shape index (κ3) is 5.30. The van der Waals surface area contributed by atoms with E-state index in [4.69, 9.17) is 0 Å². The Balaban J connectivity index is 3.46. The molecular weight excluding hydrogens is 108 g/mol. The van der Waals surface area contributed by atoms with E-state index in [0.29, 0.717) is 16.5 Å². The number of hydrogen-bond donors (Lipinski definition) is 0. The van der Waals surface area contributed by atoms with Gasteiger partial charge in [0.05, 0.1) is 10.2 Å². The Labute approximate surface area is 44.6 Å². The van der Waals surface area contributed by atoms with Crippen LogP contribution in [0.4, 0.5) is 0 Å². The fourth-order valence-electron chi connectivity index (χ4n) is 0.175. The Kier molecular flexibility index (Phi) is 3.14. The summed E-state index contributed by atoms with van der Waals surface area (Å²) >= 11 is 0. The minimum absolute atomic E-state index is 0.0344. The largest absolute Gasteiger partial charge is 0.302 e. The lowest BCUT2D eigenvalue weighted by Crippen LogP contribution is -1.86. The lowest BCUT2D eigenvalue weighted by Gasteiger charge is -1.68. The topological polar surface area (TPSA) is 34.1 Å². The molecule has 0 saturated carbocycles. The Bertz CT molecular complexity index is 106. The summed E-state index contributed by atoms with van der Waals surface area (Å²) in [7, 11) is 0.499. The first-order valence-corrected chi connectivity index (χ1v) is 2.90. The third-order valence-electron chi connectivity index (χ3n) is 0.410. The highest BCUT2D eigenvalue weighted by Gasteiger charge is 1.75. The molecule has 0 aliphatic carbocycles.